The molecule has 1 aliphatic rings. The van der Waals surface area contributed by atoms with Crippen LogP contribution in [0, 0.1) is 0 Å². The fourth-order valence-electron chi connectivity index (χ4n) is 2.14. The smallest absolute Gasteiger partial charge is 0.234 e. The summed E-state index contributed by atoms with van der Waals surface area (Å²) < 4.78 is 13.2. The SMILES string of the molecule is NC(=O)[C@@H]1C[C@H](F)CN1Cc1ccccc1. The van der Waals surface area contributed by atoms with Gasteiger partial charge in [-0.3, -0.25) is 9.69 Å². The fourth-order valence-corrected chi connectivity index (χ4v) is 2.14. The summed E-state index contributed by atoms with van der Waals surface area (Å²) in [5, 5.41) is 0. The molecular formula is C12H15FN2O. The molecule has 0 bridgehead atoms. The summed E-state index contributed by atoms with van der Waals surface area (Å²) in [6.45, 7) is 0.872. The van der Waals surface area contributed by atoms with E-state index in [1.54, 1.807) is 0 Å². The van der Waals surface area contributed by atoms with Crippen LogP contribution >= 0.6 is 0 Å². The minimum absolute atomic E-state index is 0.224. The van der Waals surface area contributed by atoms with Crippen LogP contribution in [0.25, 0.3) is 0 Å². The van der Waals surface area contributed by atoms with Crippen LogP contribution in [-0.2, 0) is 11.3 Å². The summed E-state index contributed by atoms with van der Waals surface area (Å²) in [5.74, 6) is -0.434. The number of nitrogens with two attached hydrogens (primary N) is 1. The van der Waals surface area contributed by atoms with Gasteiger partial charge in [-0.2, -0.15) is 0 Å². The first-order chi connectivity index (χ1) is 7.66. The summed E-state index contributed by atoms with van der Waals surface area (Å²) in [4.78, 5) is 13.0. The van der Waals surface area contributed by atoms with Crippen LogP contribution in [0.2, 0.25) is 0 Å². The number of rotatable bonds is 3. The molecule has 2 N–H and O–H groups in total. The fraction of sp³-hybridized carbons (Fsp3) is 0.417. The molecule has 16 heavy (non-hydrogen) atoms. The molecule has 86 valence electrons. The van der Waals surface area contributed by atoms with E-state index in [0.29, 0.717) is 13.1 Å². The highest BCUT2D eigenvalue weighted by Gasteiger charge is 2.35. The van der Waals surface area contributed by atoms with E-state index in [0.717, 1.165) is 5.56 Å². The Morgan fingerprint density at radius 3 is 2.75 bits per heavy atom. The lowest BCUT2D eigenvalue weighted by Gasteiger charge is -2.21. The maximum Gasteiger partial charge on any atom is 0.234 e. The Balaban J connectivity index is 2.06. The van der Waals surface area contributed by atoms with Crippen LogP contribution in [0.3, 0.4) is 0 Å². The van der Waals surface area contributed by atoms with E-state index in [9.17, 15) is 9.18 Å². The molecule has 1 amide bonds. The number of primary amides is 1. The van der Waals surface area contributed by atoms with Crippen molar-refractivity contribution in [3.8, 4) is 0 Å². The van der Waals surface area contributed by atoms with Gasteiger partial charge in [0, 0.05) is 19.5 Å². The third-order valence-corrected chi connectivity index (χ3v) is 2.91. The lowest BCUT2D eigenvalue weighted by Crippen LogP contribution is -2.39. The maximum absolute atomic E-state index is 13.2. The molecule has 0 aliphatic carbocycles. The Morgan fingerprint density at radius 1 is 1.44 bits per heavy atom. The lowest BCUT2D eigenvalue weighted by molar-refractivity contribution is -0.122. The molecule has 0 radical (unpaired) electrons. The predicted octanol–water partition coefficient (Wildman–Crippen LogP) is 1.08. The van der Waals surface area contributed by atoms with Crippen LogP contribution < -0.4 is 5.73 Å². The van der Waals surface area contributed by atoms with Gasteiger partial charge in [-0.05, 0) is 5.56 Å². The number of carbonyl (C=O) groups excluding carboxylic acids is 1. The van der Waals surface area contributed by atoms with Crippen molar-refractivity contribution in [2.45, 2.75) is 25.2 Å². The summed E-state index contributed by atoms with van der Waals surface area (Å²) in [7, 11) is 0. The number of nitrogens with zero attached hydrogens (tertiary/aromatic N) is 1. The van der Waals surface area contributed by atoms with Gasteiger partial charge in [-0.15, -0.1) is 0 Å². The summed E-state index contributed by atoms with van der Waals surface area (Å²) in [6, 6.07) is 9.25. The number of halogens is 1. The van der Waals surface area contributed by atoms with Gasteiger partial charge in [-0.1, -0.05) is 30.3 Å². The van der Waals surface area contributed by atoms with E-state index < -0.39 is 18.1 Å². The summed E-state index contributed by atoms with van der Waals surface area (Å²) in [6.07, 6.45) is -0.719. The van der Waals surface area contributed by atoms with E-state index in [-0.39, 0.29) is 6.42 Å². The summed E-state index contributed by atoms with van der Waals surface area (Å²) >= 11 is 0. The van der Waals surface area contributed by atoms with E-state index in [4.69, 9.17) is 5.73 Å². The highest BCUT2D eigenvalue weighted by Crippen LogP contribution is 2.22. The van der Waals surface area contributed by atoms with Crippen LogP contribution in [0.4, 0.5) is 4.39 Å². The molecule has 2 atom stereocenters. The van der Waals surface area contributed by atoms with Crippen molar-refractivity contribution < 1.29 is 9.18 Å². The zero-order chi connectivity index (χ0) is 11.5. The molecule has 0 spiro atoms. The van der Waals surface area contributed by atoms with Crippen molar-refractivity contribution >= 4 is 5.91 Å². The van der Waals surface area contributed by atoms with Gasteiger partial charge in [0.1, 0.15) is 6.17 Å². The Labute approximate surface area is 94.0 Å². The van der Waals surface area contributed by atoms with E-state index in [2.05, 4.69) is 0 Å². The second-order valence-corrected chi connectivity index (χ2v) is 4.17. The molecule has 2 rings (SSSR count). The largest absolute Gasteiger partial charge is 0.368 e. The first kappa shape index (κ1) is 11.1. The van der Waals surface area contributed by atoms with Crippen LogP contribution in [-0.4, -0.2) is 29.6 Å². The van der Waals surface area contributed by atoms with Crippen molar-refractivity contribution in [1.29, 1.82) is 0 Å². The Hall–Kier alpha value is -1.42. The number of hydrogen-bond acceptors (Lipinski definition) is 2. The Morgan fingerprint density at radius 2 is 2.12 bits per heavy atom. The Bertz CT molecular complexity index is 369. The van der Waals surface area contributed by atoms with Crippen LogP contribution in [0.1, 0.15) is 12.0 Å². The van der Waals surface area contributed by atoms with Gasteiger partial charge in [-0.25, -0.2) is 4.39 Å². The molecular weight excluding hydrogens is 207 g/mol. The second kappa shape index (κ2) is 4.61. The molecule has 1 aliphatic heterocycles. The minimum atomic E-state index is -0.943. The molecule has 3 nitrogen and oxygen atoms in total. The highest BCUT2D eigenvalue weighted by molar-refractivity contribution is 5.80. The average Bonchev–Trinajstić information content (AvgIpc) is 2.61. The quantitative estimate of drug-likeness (QED) is 0.832. The highest BCUT2D eigenvalue weighted by atomic mass is 19.1. The molecule has 1 aromatic carbocycles. The number of likely N-dealkylation sites (tertiary alicyclic amines) is 1. The van der Waals surface area contributed by atoms with Gasteiger partial charge >= 0.3 is 0 Å². The van der Waals surface area contributed by atoms with E-state index >= 15 is 0 Å². The molecule has 0 saturated carbocycles. The van der Waals surface area contributed by atoms with Crippen molar-refractivity contribution in [2.24, 2.45) is 5.73 Å². The Kier molecular flexibility index (Phi) is 3.19. The van der Waals surface area contributed by atoms with Gasteiger partial charge in [0.2, 0.25) is 5.91 Å². The van der Waals surface area contributed by atoms with Gasteiger partial charge in [0.05, 0.1) is 6.04 Å². The lowest BCUT2D eigenvalue weighted by atomic mass is 10.1. The van der Waals surface area contributed by atoms with E-state index in [1.165, 1.54) is 0 Å². The van der Waals surface area contributed by atoms with Gasteiger partial charge in [0.25, 0.3) is 0 Å². The predicted molar refractivity (Wildman–Crippen MR) is 59.3 cm³/mol. The number of hydrogen-bond donors (Lipinski definition) is 1. The molecule has 0 aromatic heterocycles. The summed E-state index contributed by atoms with van der Waals surface area (Å²) in [5.41, 5.74) is 6.33. The molecule has 0 unspecified atom stereocenters. The topological polar surface area (TPSA) is 46.3 Å². The third kappa shape index (κ3) is 2.39. The maximum atomic E-state index is 13.2. The molecule has 4 heteroatoms. The standard InChI is InChI=1S/C12H15FN2O/c13-10-6-11(12(14)16)15(8-10)7-9-4-2-1-3-5-9/h1-5,10-11H,6-8H2,(H2,14,16)/t10-,11-/m0/s1. The van der Waals surface area contributed by atoms with Crippen LogP contribution in [0.5, 0.6) is 0 Å². The van der Waals surface area contributed by atoms with Crippen molar-refractivity contribution in [3.05, 3.63) is 35.9 Å². The normalized spacial score (nSPS) is 25.8. The van der Waals surface area contributed by atoms with Crippen molar-refractivity contribution in [3.63, 3.8) is 0 Å². The number of alkyl halides is 1. The number of amides is 1. The third-order valence-electron chi connectivity index (χ3n) is 2.91. The monoisotopic (exact) mass is 222 g/mol. The van der Waals surface area contributed by atoms with Crippen molar-refractivity contribution in [1.82, 2.24) is 4.90 Å². The number of benzene rings is 1. The second-order valence-electron chi connectivity index (χ2n) is 4.17. The van der Waals surface area contributed by atoms with Gasteiger partial charge in [0.15, 0.2) is 0 Å². The first-order valence-electron chi connectivity index (χ1n) is 5.38. The first-order valence-corrected chi connectivity index (χ1v) is 5.38. The average molecular weight is 222 g/mol. The zero-order valence-electron chi connectivity index (χ0n) is 8.97. The van der Waals surface area contributed by atoms with Crippen LogP contribution in [0.15, 0.2) is 30.3 Å². The molecule has 1 heterocycles. The van der Waals surface area contributed by atoms with Gasteiger partial charge < -0.3 is 5.73 Å². The molecule has 1 aromatic rings. The minimum Gasteiger partial charge on any atom is -0.368 e. The molecule has 1 saturated heterocycles. The molecule has 1 fully saturated rings. The number of carbonyl (C=O) groups is 1. The van der Waals surface area contributed by atoms with E-state index in [1.807, 2.05) is 35.2 Å². The van der Waals surface area contributed by atoms with Crippen molar-refractivity contribution in [2.75, 3.05) is 6.54 Å². The zero-order valence-corrected chi connectivity index (χ0v) is 8.97.